The van der Waals surface area contributed by atoms with Crippen molar-refractivity contribution in [1.29, 1.82) is 0 Å². The van der Waals surface area contributed by atoms with E-state index < -0.39 is 11.6 Å². The molecule has 0 atom stereocenters. The topological polar surface area (TPSA) is 0 Å². The summed E-state index contributed by atoms with van der Waals surface area (Å²) < 4.78 is 44.3. The predicted octanol–water partition coefficient (Wildman–Crippen LogP) is 10.4. The summed E-state index contributed by atoms with van der Waals surface area (Å²) >= 11 is 0. The van der Waals surface area contributed by atoms with Gasteiger partial charge in [-0.3, -0.25) is 0 Å². The molecule has 0 aliphatic heterocycles. The van der Waals surface area contributed by atoms with E-state index in [1.807, 2.05) is 24.3 Å². The van der Waals surface area contributed by atoms with Crippen molar-refractivity contribution in [2.75, 3.05) is 0 Å². The molecule has 2 fully saturated rings. The highest BCUT2D eigenvalue weighted by atomic mass is 19.2. The van der Waals surface area contributed by atoms with Crippen LogP contribution in [0.3, 0.4) is 0 Å². The Morgan fingerprint density at radius 3 is 1.87 bits per heavy atom. The number of halogens is 3. The molecular weight excluding hydrogens is 477 g/mol. The highest BCUT2D eigenvalue weighted by molar-refractivity contribution is 5.71. The second kappa shape index (κ2) is 11.8. The summed E-state index contributed by atoms with van der Waals surface area (Å²) in [6.45, 7) is 7.56. The molecule has 0 bridgehead atoms. The second-order valence-corrected chi connectivity index (χ2v) is 11.2. The van der Waals surface area contributed by atoms with Gasteiger partial charge in [0.25, 0.3) is 0 Å². The van der Waals surface area contributed by atoms with Gasteiger partial charge in [-0.2, -0.15) is 0 Å². The number of benzene rings is 3. The van der Waals surface area contributed by atoms with E-state index in [0.29, 0.717) is 11.5 Å². The van der Waals surface area contributed by atoms with Crippen LogP contribution < -0.4 is 0 Å². The number of hydrogen-bond acceptors (Lipinski definition) is 0. The summed E-state index contributed by atoms with van der Waals surface area (Å²) in [6, 6.07) is 16.0. The minimum absolute atomic E-state index is 0.146. The minimum atomic E-state index is -0.855. The van der Waals surface area contributed by atoms with Crippen molar-refractivity contribution in [3.8, 4) is 22.3 Å². The monoisotopic (exact) mass is 514 g/mol. The van der Waals surface area contributed by atoms with E-state index in [1.165, 1.54) is 38.5 Å². The molecule has 3 aromatic rings. The van der Waals surface area contributed by atoms with Crippen LogP contribution in [0.4, 0.5) is 13.2 Å². The average Bonchev–Trinajstić information content (AvgIpc) is 2.96. The van der Waals surface area contributed by atoms with Gasteiger partial charge in [-0.15, -0.1) is 13.2 Å². The van der Waals surface area contributed by atoms with Crippen LogP contribution in [0.1, 0.15) is 68.4 Å². The summed E-state index contributed by atoms with van der Waals surface area (Å²) in [7, 11) is 0. The number of allylic oxidation sites excluding steroid dienone is 2. The van der Waals surface area contributed by atoms with E-state index in [0.717, 1.165) is 41.4 Å². The van der Waals surface area contributed by atoms with Gasteiger partial charge in [0, 0.05) is 5.56 Å². The highest BCUT2D eigenvalue weighted by Crippen LogP contribution is 2.44. The zero-order valence-corrected chi connectivity index (χ0v) is 22.1. The lowest BCUT2D eigenvalue weighted by atomic mass is 9.68. The quantitative estimate of drug-likeness (QED) is 0.275. The maximum absolute atomic E-state index is 15.3. The van der Waals surface area contributed by atoms with Gasteiger partial charge in [0.1, 0.15) is 5.82 Å². The van der Waals surface area contributed by atoms with E-state index in [2.05, 4.69) is 19.2 Å². The molecule has 0 radical (unpaired) electrons. The Morgan fingerprint density at radius 2 is 1.26 bits per heavy atom. The van der Waals surface area contributed by atoms with Gasteiger partial charge in [0.05, 0.1) is 0 Å². The average molecular weight is 515 g/mol. The van der Waals surface area contributed by atoms with Crippen molar-refractivity contribution in [3.05, 3.63) is 108 Å². The molecule has 5 rings (SSSR count). The lowest BCUT2D eigenvalue weighted by molar-refractivity contribution is 0.171. The largest absolute Gasteiger partial charge is 0.207 e. The van der Waals surface area contributed by atoms with Crippen LogP contribution in [-0.2, 0) is 6.42 Å². The second-order valence-electron chi connectivity index (χ2n) is 11.2. The summed E-state index contributed by atoms with van der Waals surface area (Å²) in [6.07, 6.45) is 13.7. The number of hydrogen-bond donors (Lipinski definition) is 0. The molecule has 0 amide bonds. The molecule has 0 heterocycles. The van der Waals surface area contributed by atoms with Gasteiger partial charge in [-0.25, -0.2) is 13.2 Å². The summed E-state index contributed by atoms with van der Waals surface area (Å²) in [4.78, 5) is 0. The molecule has 38 heavy (non-hydrogen) atoms. The van der Waals surface area contributed by atoms with E-state index in [4.69, 9.17) is 0 Å². The Labute approximate surface area is 225 Å². The first kappa shape index (κ1) is 26.5. The van der Waals surface area contributed by atoms with Crippen LogP contribution in [-0.4, -0.2) is 0 Å². The smallest absolute Gasteiger partial charge is 0.166 e. The molecule has 3 heteroatoms. The molecule has 2 aliphatic carbocycles. The molecule has 0 spiro atoms. The van der Waals surface area contributed by atoms with Crippen LogP contribution in [0.25, 0.3) is 22.3 Å². The van der Waals surface area contributed by atoms with E-state index >= 15 is 4.39 Å². The van der Waals surface area contributed by atoms with E-state index in [-0.39, 0.29) is 29.3 Å². The molecule has 0 N–H and O–H groups in total. The molecular formula is C35H37F3. The van der Waals surface area contributed by atoms with Gasteiger partial charge in [-0.05, 0) is 115 Å². The summed E-state index contributed by atoms with van der Waals surface area (Å²) in [5.41, 5.74) is 3.56. The van der Waals surface area contributed by atoms with Crippen molar-refractivity contribution >= 4 is 0 Å². The van der Waals surface area contributed by atoms with Crippen molar-refractivity contribution < 1.29 is 13.2 Å². The van der Waals surface area contributed by atoms with Crippen molar-refractivity contribution in [2.24, 2.45) is 17.8 Å². The first-order chi connectivity index (χ1) is 18.5. The molecule has 198 valence electrons. The molecule has 2 aliphatic rings. The zero-order chi connectivity index (χ0) is 26.6. The standard InChI is InChI=1S/C35H37F3/c1-3-5-29-18-21-32(35(38)34(29)37)28-16-12-26(13-17-28)30-19-20-31(33(36)22-30)27-14-10-25(11-15-27)24-8-6-23(4-2)7-9-24/h3-4,12-13,16-25,27H,1-2,5-11,14-15H2. The molecule has 0 nitrogen and oxygen atoms in total. The van der Waals surface area contributed by atoms with Gasteiger partial charge in [0.2, 0.25) is 0 Å². The van der Waals surface area contributed by atoms with Gasteiger partial charge < -0.3 is 0 Å². The number of rotatable bonds is 7. The van der Waals surface area contributed by atoms with Crippen LogP contribution in [0, 0.1) is 35.2 Å². The molecule has 2 saturated carbocycles. The van der Waals surface area contributed by atoms with Gasteiger partial charge >= 0.3 is 0 Å². The fourth-order valence-corrected chi connectivity index (χ4v) is 6.76. The Balaban J connectivity index is 1.24. The first-order valence-corrected chi connectivity index (χ1v) is 14.1. The normalized spacial score (nSPS) is 23.7. The maximum Gasteiger partial charge on any atom is 0.166 e. The Hall–Kier alpha value is -3.07. The minimum Gasteiger partial charge on any atom is -0.207 e. The molecule has 0 unspecified atom stereocenters. The van der Waals surface area contributed by atoms with Crippen molar-refractivity contribution in [1.82, 2.24) is 0 Å². The lowest BCUT2D eigenvalue weighted by Crippen LogP contribution is -2.25. The fourth-order valence-electron chi connectivity index (χ4n) is 6.76. The fraction of sp³-hybridized carbons (Fsp3) is 0.371. The van der Waals surface area contributed by atoms with Crippen LogP contribution in [0.2, 0.25) is 0 Å². The zero-order valence-electron chi connectivity index (χ0n) is 22.1. The Kier molecular flexibility index (Phi) is 8.21. The highest BCUT2D eigenvalue weighted by Gasteiger charge is 2.31. The van der Waals surface area contributed by atoms with Gasteiger partial charge in [0.15, 0.2) is 11.6 Å². The lowest BCUT2D eigenvalue weighted by Gasteiger charge is -2.37. The van der Waals surface area contributed by atoms with Gasteiger partial charge in [-0.1, -0.05) is 60.7 Å². The summed E-state index contributed by atoms with van der Waals surface area (Å²) in [5, 5.41) is 0. The Morgan fingerprint density at radius 1 is 0.658 bits per heavy atom. The maximum atomic E-state index is 15.3. The van der Waals surface area contributed by atoms with Crippen LogP contribution in [0.15, 0.2) is 79.9 Å². The van der Waals surface area contributed by atoms with Crippen molar-refractivity contribution in [2.45, 2.75) is 63.7 Å². The molecule has 0 aromatic heterocycles. The van der Waals surface area contributed by atoms with Crippen molar-refractivity contribution in [3.63, 3.8) is 0 Å². The third-order valence-corrected chi connectivity index (χ3v) is 9.08. The summed E-state index contributed by atoms with van der Waals surface area (Å²) in [5.74, 6) is 0.766. The third kappa shape index (κ3) is 5.53. The third-order valence-electron chi connectivity index (χ3n) is 9.08. The first-order valence-electron chi connectivity index (χ1n) is 14.1. The SMILES string of the molecule is C=CCc1ccc(-c2ccc(-c3ccc(C4CCC(C5CCC(C=C)CC5)CC4)c(F)c3)cc2)c(F)c1F. The Bertz CT molecular complexity index is 1270. The molecule has 3 aromatic carbocycles. The van der Waals surface area contributed by atoms with Crippen LogP contribution >= 0.6 is 0 Å². The predicted molar refractivity (Wildman–Crippen MR) is 151 cm³/mol. The van der Waals surface area contributed by atoms with Crippen LogP contribution in [0.5, 0.6) is 0 Å². The molecule has 0 saturated heterocycles. The van der Waals surface area contributed by atoms with E-state index in [9.17, 15) is 8.78 Å². The van der Waals surface area contributed by atoms with E-state index in [1.54, 1.807) is 36.4 Å².